The highest BCUT2D eigenvalue weighted by molar-refractivity contribution is 6.33. The minimum absolute atomic E-state index is 0.510. The number of benzene rings is 1. The molecule has 0 fully saturated rings. The van der Waals surface area contributed by atoms with E-state index in [0.717, 1.165) is 5.69 Å². The topological polar surface area (TPSA) is 64.1 Å². The van der Waals surface area contributed by atoms with Crippen molar-refractivity contribution in [2.45, 2.75) is 0 Å². The van der Waals surface area contributed by atoms with Crippen molar-refractivity contribution in [3.63, 3.8) is 0 Å². The molecule has 4 heteroatoms. The lowest BCUT2D eigenvalue weighted by molar-refractivity contribution is 1.35. The number of nitrogens with two attached hydrogens (primary N) is 2. The number of nitrogen functional groups attached to an aromatic ring is 2. The van der Waals surface area contributed by atoms with Gasteiger partial charge in [-0.2, -0.15) is 0 Å². The fourth-order valence-corrected chi connectivity index (χ4v) is 0.797. The Balaban J connectivity index is 3.04. The van der Waals surface area contributed by atoms with Gasteiger partial charge in [-0.3, -0.25) is 5.84 Å². The lowest BCUT2D eigenvalue weighted by atomic mass is 10.3. The number of hydrazine groups is 1. The van der Waals surface area contributed by atoms with Crippen LogP contribution in [0.15, 0.2) is 18.2 Å². The molecule has 1 aromatic carbocycles. The number of nitrogens with one attached hydrogen (secondary N) is 1. The van der Waals surface area contributed by atoms with Gasteiger partial charge in [-0.15, -0.1) is 0 Å². The third kappa shape index (κ3) is 1.32. The Hall–Kier alpha value is -0.930. The van der Waals surface area contributed by atoms with Crippen molar-refractivity contribution in [2.75, 3.05) is 11.2 Å². The Morgan fingerprint density at radius 3 is 2.60 bits per heavy atom. The van der Waals surface area contributed by atoms with Gasteiger partial charge in [0.2, 0.25) is 0 Å². The van der Waals surface area contributed by atoms with Crippen molar-refractivity contribution in [3.05, 3.63) is 23.2 Å². The standard InChI is InChI=1S/C6H8ClN3/c7-5-3-4(10-9)1-2-6(5)8/h1-3,10H,8-9H2. The van der Waals surface area contributed by atoms with Gasteiger partial charge in [0.05, 0.1) is 16.4 Å². The zero-order chi connectivity index (χ0) is 7.56. The van der Waals surface area contributed by atoms with E-state index in [2.05, 4.69) is 5.43 Å². The van der Waals surface area contributed by atoms with Crippen molar-refractivity contribution in [2.24, 2.45) is 5.84 Å². The van der Waals surface area contributed by atoms with E-state index in [1.54, 1.807) is 18.2 Å². The van der Waals surface area contributed by atoms with Crippen LogP contribution in [0.25, 0.3) is 0 Å². The van der Waals surface area contributed by atoms with Gasteiger partial charge in [0.25, 0.3) is 0 Å². The summed E-state index contributed by atoms with van der Waals surface area (Å²) in [6.07, 6.45) is 0. The van der Waals surface area contributed by atoms with E-state index in [1.165, 1.54) is 0 Å². The summed E-state index contributed by atoms with van der Waals surface area (Å²) in [5.41, 5.74) is 9.20. The minimum Gasteiger partial charge on any atom is -0.398 e. The Labute approximate surface area is 63.9 Å². The third-order valence-corrected chi connectivity index (χ3v) is 1.49. The van der Waals surface area contributed by atoms with Crippen LogP contribution in [0.1, 0.15) is 0 Å². The molecule has 0 saturated carbocycles. The molecule has 0 atom stereocenters. The van der Waals surface area contributed by atoms with Gasteiger partial charge in [-0.25, -0.2) is 0 Å². The summed E-state index contributed by atoms with van der Waals surface area (Å²) in [4.78, 5) is 0. The second-order valence-corrected chi connectivity index (χ2v) is 2.29. The van der Waals surface area contributed by atoms with Crippen LogP contribution < -0.4 is 17.0 Å². The third-order valence-electron chi connectivity index (χ3n) is 1.17. The van der Waals surface area contributed by atoms with E-state index in [1.807, 2.05) is 0 Å². The van der Waals surface area contributed by atoms with E-state index >= 15 is 0 Å². The first kappa shape index (κ1) is 7.18. The molecule has 0 spiro atoms. The van der Waals surface area contributed by atoms with Crippen molar-refractivity contribution in [1.82, 2.24) is 0 Å². The second-order valence-electron chi connectivity index (χ2n) is 1.88. The first-order valence-corrected chi connectivity index (χ1v) is 3.13. The molecule has 3 nitrogen and oxygen atoms in total. The maximum absolute atomic E-state index is 5.67. The van der Waals surface area contributed by atoms with E-state index < -0.39 is 0 Å². The summed E-state index contributed by atoms with van der Waals surface area (Å²) in [5.74, 6) is 5.12. The van der Waals surface area contributed by atoms with Gasteiger partial charge >= 0.3 is 0 Å². The highest BCUT2D eigenvalue weighted by Gasteiger charge is 1.94. The highest BCUT2D eigenvalue weighted by atomic mass is 35.5. The van der Waals surface area contributed by atoms with Crippen molar-refractivity contribution >= 4 is 23.0 Å². The predicted molar refractivity (Wildman–Crippen MR) is 43.7 cm³/mol. The fourth-order valence-electron chi connectivity index (χ4n) is 0.617. The zero-order valence-corrected chi connectivity index (χ0v) is 6.02. The molecule has 1 rings (SSSR count). The average molecular weight is 158 g/mol. The fraction of sp³-hybridized carbons (Fsp3) is 0. The predicted octanol–water partition coefficient (Wildman–Crippen LogP) is 1.21. The molecular formula is C6H8ClN3. The van der Waals surface area contributed by atoms with Crippen LogP contribution in [-0.4, -0.2) is 0 Å². The lowest BCUT2D eigenvalue weighted by Crippen LogP contribution is -2.06. The molecule has 0 radical (unpaired) electrons. The summed E-state index contributed by atoms with van der Waals surface area (Å²) < 4.78 is 0. The van der Waals surface area contributed by atoms with Gasteiger partial charge in [-0.05, 0) is 18.2 Å². The van der Waals surface area contributed by atoms with Gasteiger partial charge < -0.3 is 11.2 Å². The number of rotatable bonds is 1. The molecule has 0 amide bonds. The first-order valence-electron chi connectivity index (χ1n) is 2.75. The molecule has 0 aliphatic rings. The van der Waals surface area contributed by atoms with Gasteiger partial charge in [0, 0.05) is 0 Å². The molecule has 0 aromatic heterocycles. The summed E-state index contributed by atoms with van der Waals surface area (Å²) in [6.45, 7) is 0. The molecule has 54 valence electrons. The molecule has 1 aromatic rings. The molecule has 0 aliphatic heterocycles. The summed E-state index contributed by atoms with van der Waals surface area (Å²) in [6, 6.07) is 5.11. The SMILES string of the molecule is NNc1ccc(N)c(Cl)c1. The van der Waals surface area contributed by atoms with Crippen molar-refractivity contribution < 1.29 is 0 Å². The zero-order valence-electron chi connectivity index (χ0n) is 5.26. The minimum atomic E-state index is 0.510. The van der Waals surface area contributed by atoms with Crippen LogP contribution in [0.4, 0.5) is 11.4 Å². The molecule has 0 unspecified atom stereocenters. The van der Waals surface area contributed by atoms with Crippen LogP contribution in [0.2, 0.25) is 5.02 Å². The molecule has 0 saturated heterocycles. The molecular weight excluding hydrogens is 150 g/mol. The smallest absolute Gasteiger partial charge is 0.0656 e. The molecule has 0 bridgehead atoms. The molecule has 10 heavy (non-hydrogen) atoms. The van der Waals surface area contributed by atoms with Crippen LogP contribution >= 0.6 is 11.6 Å². The van der Waals surface area contributed by atoms with Crippen LogP contribution in [0, 0.1) is 0 Å². The summed E-state index contributed by atoms with van der Waals surface area (Å²) >= 11 is 5.67. The molecule has 0 heterocycles. The van der Waals surface area contributed by atoms with Crippen molar-refractivity contribution in [3.8, 4) is 0 Å². The maximum atomic E-state index is 5.67. The number of halogens is 1. The van der Waals surface area contributed by atoms with Gasteiger partial charge in [0.15, 0.2) is 0 Å². The molecule has 5 N–H and O–H groups in total. The van der Waals surface area contributed by atoms with Gasteiger partial charge in [-0.1, -0.05) is 11.6 Å². The average Bonchev–Trinajstić information content (AvgIpc) is 1.95. The Morgan fingerprint density at radius 2 is 2.10 bits per heavy atom. The highest BCUT2D eigenvalue weighted by Crippen LogP contribution is 2.21. The van der Waals surface area contributed by atoms with E-state index in [0.29, 0.717) is 10.7 Å². The van der Waals surface area contributed by atoms with Crippen molar-refractivity contribution in [1.29, 1.82) is 0 Å². The second kappa shape index (κ2) is 2.77. The van der Waals surface area contributed by atoms with Gasteiger partial charge in [0.1, 0.15) is 0 Å². The maximum Gasteiger partial charge on any atom is 0.0656 e. The number of hydrogen-bond acceptors (Lipinski definition) is 3. The molecule has 0 aliphatic carbocycles. The quantitative estimate of drug-likeness (QED) is 0.326. The monoisotopic (exact) mass is 157 g/mol. The Morgan fingerprint density at radius 1 is 1.40 bits per heavy atom. The Bertz CT molecular complexity index is 236. The normalized spacial score (nSPS) is 9.40. The largest absolute Gasteiger partial charge is 0.398 e. The Kier molecular flexibility index (Phi) is 1.99. The summed E-state index contributed by atoms with van der Waals surface area (Å²) in [5, 5.41) is 0.510. The number of hydrogen-bond donors (Lipinski definition) is 3. The first-order chi connectivity index (χ1) is 4.74. The number of anilines is 2. The lowest BCUT2D eigenvalue weighted by Gasteiger charge is -2.01. The van der Waals surface area contributed by atoms with Crippen LogP contribution in [-0.2, 0) is 0 Å². The summed E-state index contributed by atoms with van der Waals surface area (Å²) in [7, 11) is 0. The van der Waals surface area contributed by atoms with Crippen LogP contribution in [0.5, 0.6) is 0 Å². The van der Waals surface area contributed by atoms with E-state index in [4.69, 9.17) is 23.2 Å². The van der Waals surface area contributed by atoms with E-state index in [9.17, 15) is 0 Å². The van der Waals surface area contributed by atoms with Crippen LogP contribution in [0.3, 0.4) is 0 Å². The van der Waals surface area contributed by atoms with E-state index in [-0.39, 0.29) is 0 Å².